The van der Waals surface area contributed by atoms with Gasteiger partial charge in [-0.05, 0) is 48.9 Å². The summed E-state index contributed by atoms with van der Waals surface area (Å²) >= 11 is 6.47. The molecular formula is C16H14ClNO. The lowest BCUT2D eigenvalue weighted by molar-refractivity contribution is 0.415. The number of halogens is 1. The van der Waals surface area contributed by atoms with E-state index >= 15 is 0 Å². The smallest absolute Gasteiger partial charge is 0.118 e. The zero-order valence-corrected chi connectivity index (χ0v) is 11.6. The molecule has 0 aliphatic rings. The van der Waals surface area contributed by atoms with E-state index in [1.54, 1.807) is 7.11 Å². The highest BCUT2D eigenvalue weighted by Crippen LogP contribution is 2.35. The molecule has 2 nitrogen and oxygen atoms in total. The lowest BCUT2D eigenvalue weighted by Gasteiger charge is -2.02. The number of nitrogens with one attached hydrogen (secondary N) is 1. The first-order valence-electron chi connectivity index (χ1n) is 6.11. The maximum absolute atomic E-state index is 6.47. The van der Waals surface area contributed by atoms with Crippen molar-refractivity contribution in [1.82, 2.24) is 4.98 Å². The second-order valence-electron chi connectivity index (χ2n) is 4.59. The van der Waals surface area contributed by atoms with Crippen LogP contribution in [-0.2, 0) is 0 Å². The van der Waals surface area contributed by atoms with Crippen LogP contribution < -0.4 is 4.74 Å². The van der Waals surface area contributed by atoms with Gasteiger partial charge in [0.2, 0.25) is 0 Å². The largest absolute Gasteiger partial charge is 0.497 e. The Morgan fingerprint density at radius 2 is 1.79 bits per heavy atom. The molecule has 0 aliphatic heterocycles. The Hall–Kier alpha value is -1.93. The molecule has 1 aromatic heterocycles. The number of rotatable bonds is 2. The molecule has 0 saturated heterocycles. The average molecular weight is 272 g/mol. The summed E-state index contributed by atoms with van der Waals surface area (Å²) in [5.74, 6) is 0.840. The second-order valence-corrected chi connectivity index (χ2v) is 4.97. The number of H-pyrrole nitrogens is 1. The van der Waals surface area contributed by atoms with Crippen LogP contribution in [0.15, 0.2) is 42.5 Å². The lowest BCUT2D eigenvalue weighted by atomic mass is 10.1. The Bertz CT molecular complexity index is 728. The van der Waals surface area contributed by atoms with Crippen molar-refractivity contribution in [3.05, 3.63) is 53.1 Å². The number of benzene rings is 2. The maximum Gasteiger partial charge on any atom is 0.118 e. The van der Waals surface area contributed by atoms with Gasteiger partial charge in [-0.25, -0.2) is 0 Å². The summed E-state index contributed by atoms with van der Waals surface area (Å²) in [6, 6.07) is 14.1. The second kappa shape index (κ2) is 4.63. The standard InChI is InChI=1S/C16H14ClNO/c1-10-3-8-14-13(9-10)15(17)16(18-14)11-4-6-12(19-2)7-5-11/h3-9,18H,1-2H3. The Morgan fingerprint density at radius 1 is 1.05 bits per heavy atom. The molecule has 3 aromatic rings. The summed E-state index contributed by atoms with van der Waals surface area (Å²) in [7, 11) is 1.66. The van der Waals surface area contributed by atoms with E-state index in [0.29, 0.717) is 0 Å². The normalized spacial score (nSPS) is 10.9. The first-order valence-corrected chi connectivity index (χ1v) is 6.49. The Morgan fingerprint density at radius 3 is 2.47 bits per heavy atom. The van der Waals surface area contributed by atoms with E-state index < -0.39 is 0 Å². The van der Waals surface area contributed by atoms with Crippen LogP contribution >= 0.6 is 11.6 Å². The fourth-order valence-corrected chi connectivity index (χ4v) is 2.54. The van der Waals surface area contributed by atoms with Crippen molar-refractivity contribution >= 4 is 22.5 Å². The quantitative estimate of drug-likeness (QED) is 0.711. The van der Waals surface area contributed by atoms with E-state index in [-0.39, 0.29) is 0 Å². The van der Waals surface area contributed by atoms with Gasteiger partial charge in [-0.3, -0.25) is 0 Å². The molecule has 0 aliphatic carbocycles. The third-order valence-corrected chi connectivity index (χ3v) is 3.66. The molecule has 0 saturated carbocycles. The minimum Gasteiger partial charge on any atom is -0.497 e. The van der Waals surface area contributed by atoms with Crippen LogP contribution in [0.2, 0.25) is 5.02 Å². The SMILES string of the molecule is COc1ccc(-c2[nH]c3ccc(C)cc3c2Cl)cc1. The molecule has 19 heavy (non-hydrogen) atoms. The molecule has 1 heterocycles. The van der Waals surface area contributed by atoms with E-state index in [0.717, 1.165) is 32.9 Å². The molecule has 0 unspecified atom stereocenters. The molecule has 0 spiro atoms. The lowest BCUT2D eigenvalue weighted by Crippen LogP contribution is -1.83. The summed E-state index contributed by atoms with van der Waals surface area (Å²) in [4.78, 5) is 3.37. The van der Waals surface area contributed by atoms with E-state index in [2.05, 4.69) is 30.1 Å². The molecular weight excluding hydrogens is 258 g/mol. The topological polar surface area (TPSA) is 25.0 Å². The molecule has 0 amide bonds. The fourth-order valence-electron chi connectivity index (χ4n) is 2.23. The highest BCUT2D eigenvalue weighted by atomic mass is 35.5. The van der Waals surface area contributed by atoms with Crippen LogP contribution in [0.4, 0.5) is 0 Å². The van der Waals surface area contributed by atoms with Gasteiger partial charge < -0.3 is 9.72 Å². The van der Waals surface area contributed by atoms with E-state index in [9.17, 15) is 0 Å². The zero-order valence-electron chi connectivity index (χ0n) is 10.8. The first-order chi connectivity index (χ1) is 9.19. The van der Waals surface area contributed by atoms with Gasteiger partial charge in [-0.15, -0.1) is 0 Å². The van der Waals surface area contributed by atoms with Crippen molar-refractivity contribution in [2.24, 2.45) is 0 Å². The third-order valence-electron chi connectivity index (χ3n) is 3.27. The van der Waals surface area contributed by atoms with E-state index in [1.807, 2.05) is 24.3 Å². The van der Waals surface area contributed by atoms with Crippen LogP contribution in [0.5, 0.6) is 5.75 Å². The van der Waals surface area contributed by atoms with Gasteiger partial charge >= 0.3 is 0 Å². The number of hydrogen-bond acceptors (Lipinski definition) is 1. The highest BCUT2D eigenvalue weighted by molar-refractivity contribution is 6.38. The maximum atomic E-state index is 6.47. The number of ether oxygens (including phenoxy) is 1. The molecule has 96 valence electrons. The first kappa shape index (κ1) is 12.1. The zero-order chi connectivity index (χ0) is 13.4. The monoisotopic (exact) mass is 271 g/mol. The third kappa shape index (κ3) is 2.08. The fraction of sp³-hybridized carbons (Fsp3) is 0.125. The molecule has 1 N–H and O–H groups in total. The highest BCUT2D eigenvalue weighted by Gasteiger charge is 2.11. The molecule has 3 heteroatoms. The molecule has 0 atom stereocenters. The van der Waals surface area contributed by atoms with Crippen molar-refractivity contribution in [2.45, 2.75) is 6.92 Å². The van der Waals surface area contributed by atoms with E-state index in [4.69, 9.17) is 16.3 Å². The van der Waals surface area contributed by atoms with Crippen LogP contribution in [0.1, 0.15) is 5.56 Å². The molecule has 0 fully saturated rings. The van der Waals surface area contributed by atoms with Crippen molar-refractivity contribution < 1.29 is 4.74 Å². The van der Waals surface area contributed by atoms with Crippen LogP contribution in [0.25, 0.3) is 22.2 Å². The molecule has 3 rings (SSSR count). The molecule has 2 aromatic carbocycles. The molecule has 0 radical (unpaired) electrons. The van der Waals surface area contributed by atoms with Crippen LogP contribution in [-0.4, -0.2) is 12.1 Å². The number of methoxy groups -OCH3 is 1. The van der Waals surface area contributed by atoms with Gasteiger partial charge in [0.15, 0.2) is 0 Å². The van der Waals surface area contributed by atoms with Gasteiger partial charge in [0.25, 0.3) is 0 Å². The summed E-state index contributed by atoms with van der Waals surface area (Å²) in [6.07, 6.45) is 0. The van der Waals surface area contributed by atoms with Gasteiger partial charge in [-0.1, -0.05) is 23.2 Å². The number of fused-ring (bicyclic) bond motifs is 1. The summed E-state index contributed by atoms with van der Waals surface area (Å²) in [6.45, 7) is 2.07. The van der Waals surface area contributed by atoms with Gasteiger partial charge in [0, 0.05) is 10.9 Å². The minimum absolute atomic E-state index is 0.767. The summed E-state index contributed by atoms with van der Waals surface area (Å²) in [5, 5.41) is 1.83. The van der Waals surface area contributed by atoms with Crippen LogP contribution in [0.3, 0.4) is 0 Å². The van der Waals surface area contributed by atoms with Gasteiger partial charge in [0.05, 0.1) is 17.8 Å². The summed E-state index contributed by atoms with van der Waals surface area (Å²) < 4.78 is 5.17. The van der Waals surface area contributed by atoms with Crippen molar-refractivity contribution in [2.75, 3.05) is 7.11 Å². The van der Waals surface area contributed by atoms with Crippen LogP contribution in [0, 0.1) is 6.92 Å². The minimum atomic E-state index is 0.767. The number of aryl methyl sites for hydroxylation is 1. The summed E-state index contributed by atoms with van der Waals surface area (Å²) in [5.41, 5.74) is 4.26. The van der Waals surface area contributed by atoms with Gasteiger partial charge in [-0.2, -0.15) is 0 Å². The van der Waals surface area contributed by atoms with Crippen molar-refractivity contribution in [3.8, 4) is 17.0 Å². The van der Waals surface area contributed by atoms with Crippen molar-refractivity contribution in [3.63, 3.8) is 0 Å². The Labute approximate surface area is 117 Å². The number of aromatic nitrogens is 1. The predicted molar refractivity (Wildman–Crippen MR) is 80.0 cm³/mol. The van der Waals surface area contributed by atoms with Crippen molar-refractivity contribution in [1.29, 1.82) is 0 Å². The Balaban J connectivity index is 2.16. The van der Waals surface area contributed by atoms with E-state index in [1.165, 1.54) is 5.56 Å². The average Bonchev–Trinajstić information content (AvgIpc) is 2.76. The number of hydrogen-bond donors (Lipinski definition) is 1. The number of aromatic amines is 1. The predicted octanol–water partition coefficient (Wildman–Crippen LogP) is 4.81. The van der Waals surface area contributed by atoms with Gasteiger partial charge in [0.1, 0.15) is 5.75 Å². The Kier molecular flexibility index (Phi) is 2.96. The molecule has 0 bridgehead atoms.